The lowest BCUT2D eigenvalue weighted by Gasteiger charge is -1.92. The van der Waals surface area contributed by atoms with Crippen LogP contribution in [0.3, 0.4) is 0 Å². The molecule has 1 heterocycles. The summed E-state index contributed by atoms with van der Waals surface area (Å²) in [5, 5.41) is 0. The Kier molecular flexibility index (Phi) is 2.79. The average molecular weight is 162 g/mol. The summed E-state index contributed by atoms with van der Waals surface area (Å²) < 4.78 is 4.50. The minimum atomic E-state index is -0.537. The molecule has 0 radical (unpaired) electrons. The molecule has 0 unspecified atom stereocenters. The van der Waals surface area contributed by atoms with Crippen LogP contribution < -0.4 is 0 Å². The van der Waals surface area contributed by atoms with Crippen LogP contribution >= 0.6 is 0 Å². The third-order valence-electron chi connectivity index (χ3n) is 1.04. The molecule has 0 N–H and O–H groups in total. The van der Waals surface area contributed by atoms with E-state index in [0.717, 1.165) is 0 Å². The Morgan fingerprint density at radius 2 is 2.17 bits per heavy atom. The molecule has 4 nitrogen and oxygen atoms in total. The minimum Gasteiger partial charge on any atom is -0.368 e. The average Bonchev–Trinajstić information content (AvgIpc) is 2.15. The molecule has 0 fully saturated rings. The van der Waals surface area contributed by atoms with Crippen molar-refractivity contribution in [1.29, 1.82) is 0 Å². The highest BCUT2D eigenvalue weighted by atomic mass is 16.5. The van der Waals surface area contributed by atoms with Crippen molar-refractivity contribution in [2.24, 2.45) is 0 Å². The maximum absolute atomic E-state index is 11.0. The third-order valence-corrected chi connectivity index (χ3v) is 1.04. The summed E-state index contributed by atoms with van der Waals surface area (Å²) in [7, 11) is 0. The quantitative estimate of drug-likeness (QED) is 0.448. The van der Waals surface area contributed by atoms with Crippen molar-refractivity contribution < 1.29 is 9.53 Å². The lowest BCUT2D eigenvalue weighted by atomic mass is 10.3. The number of hydrogen-bond acceptors (Lipinski definition) is 4. The summed E-state index contributed by atoms with van der Waals surface area (Å²) in [6.45, 7) is 1.58. The molecule has 0 aliphatic rings. The number of hydrogen-bond donors (Lipinski definition) is 0. The van der Waals surface area contributed by atoms with Crippen molar-refractivity contribution in [2.45, 2.75) is 6.92 Å². The van der Waals surface area contributed by atoms with Crippen molar-refractivity contribution in [1.82, 2.24) is 9.97 Å². The van der Waals surface area contributed by atoms with E-state index >= 15 is 0 Å². The van der Waals surface area contributed by atoms with Gasteiger partial charge in [-0.2, -0.15) is 0 Å². The molecule has 0 aliphatic carbocycles. The summed E-state index contributed by atoms with van der Waals surface area (Å²) in [4.78, 5) is 18.3. The zero-order valence-corrected chi connectivity index (χ0v) is 6.44. The molecule has 60 valence electrons. The third kappa shape index (κ3) is 2.06. The van der Waals surface area contributed by atoms with Gasteiger partial charge in [-0.15, -0.1) is 0 Å². The van der Waals surface area contributed by atoms with Gasteiger partial charge < -0.3 is 4.74 Å². The van der Waals surface area contributed by atoms with E-state index in [9.17, 15) is 4.79 Å². The molecule has 4 heteroatoms. The predicted molar refractivity (Wildman–Crippen MR) is 40.9 cm³/mol. The first-order chi connectivity index (χ1) is 5.84. The lowest BCUT2D eigenvalue weighted by Crippen LogP contribution is -2.01. The molecule has 0 bridgehead atoms. The van der Waals surface area contributed by atoms with Crippen molar-refractivity contribution in [3.63, 3.8) is 0 Å². The minimum absolute atomic E-state index is 0.292. The second-order valence-corrected chi connectivity index (χ2v) is 1.87. The highest BCUT2D eigenvalue weighted by Crippen LogP contribution is 1.94. The summed E-state index contributed by atoms with van der Waals surface area (Å²) >= 11 is 0. The van der Waals surface area contributed by atoms with Crippen LogP contribution in [-0.4, -0.2) is 15.9 Å². The summed E-state index contributed by atoms with van der Waals surface area (Å²) in [5.41, 5.74) is 0.292. The summed E-state index contributed by atoms with van der Waals surface area (Å²) in [6.07, 6.45) is 6.26. The van der Waals surface area contributed by atoms with E-state index in [1.54, 1.807) is 6.92 Å². The van der Waals surface area contributed by atoms with Crippen molar-refractivity contribution >= 4 is 5.97 Å². The van der Waals surface area contributed by atoms with Gasteiger partial charge in [0.25, 0.3) is 0 Å². The molecule has 1 aromatic heterocycles. The molecule has 0 amide bonds. The number of carbonyl (C=O) groups excluding carboxylic acids is 1. The molecule has 12 heavy (non-hydrogen) atoms. The Bertz CT molecular complexity index is 324. The van der Waals surface area contributed by atoms with E-state index in [1.165, 1.54) is 18.7 Å². The molecular weight excluding hydrogens is 156 g/mol. The van der Waals surface area contributed by atoms with E-state index in [0.29, 0.717) is 5.56 Å². The van der Waals surface area contributed by atoms with E-state index < -0.39 is 5.97 Å². The Hall–Kier alpha value is -1.89. The van der Waals surface area contributed by atoms with Gasteiger partial charge in [0.15, 0.2) is 0 Å². The highest BCUT2D eigenvalue weighted by Gasteiger charge is 2.04. The van der Waals surface area contributed by atoms with Gasteiger partial charge in [0.2, 0.25) is 0 Å². The van der Waals surface area contributed by atoms with Gasteiger partial charge in [-0.1, -0.05) is 5.92 Å². The van der Waals surface area contributed by atoms with Gasteiger partial charge >= 0.3 is 5.97 Å². The molecule has 0 spiro atoms. The van der Waals surface area contributed by atoms with Crippen molar-refractivity contribution in [3.05, 3.63) is 24.3 Å². The molecule has 1 aromatic rings. The van der Waals surface area contributed by atoms with Crippen LogP contribution in [0.2, 0.25) is 0 Å². The summed E-state index contributed by atoms with van der Waals surface area (Å²) in [6, 6.07) is 0. The Labute approximate surface area is 69.6 Å². The topological polar surface area (TPSA) is 52.1 Å². The van der Waals surface area contributed by atoms with E-state index in [1.807, 2.05) is 0 Å². The Balaban J connectivity index is 2.70. The zero-order chi connectivity index (χ0) is 8.81. The maximum atomic E-state index is 11.0. The Morgan fingerprint density at radius 1 is 1.50 bits per heavy atom. The van der Waals surface area contributed by atoms with Gasteiger partial charge in [0, 0.05) is 19.3 Å². The van der Waals surface area contributed by atoms with Crippen LogP contribution in [0.5, 0.6) is 0 Å². The van der Waals surface area contributed by atoms with Gasteiger partial charge in [0.1, 0.15) is 12.4 Å². The fraction of sp³-hybridized carbons (Fsp3) is 0.125. The number of ether oxygens (including phenoxy) is 1. The smallest absolute Gasteiger partial charge is 0.355 e. The van der Waals surface area contributed by atoms with Crippen LogP contribution in [-0.2, 0) is 4.74 Å². The first-order valence-electron chi connectivity index (χ1n) is 3.22. The van der Waals surface area contributed by atoms with Gasteiger partial charge in [-0.05, 0) is 0 Å². The second kappa shape index (κ2) is 4.09. The fourth-order valence-corrected chi connectivity index (χ4v) is 0.561. The van der Waals surface area contributed by atoms with Crippen molar-refractivity contribution in [3.8, 4) is 12.0 Å². The normalized spacial score (nSPS) is 8.08. The lowest BCUT2D eigenvalue weighted by molar-refractivity contribution is 0.0689. The first kappa shape index (κ1) is 8.21. The summed E-state index contributed by atoms with van der Waals surface area (Å²) in [5.74, 6) is 1.90. The van der Waals surface area contributed by atoms with Crippen LogP contribution in [0.4, 0.5) is 0 Å². The van der Waals surface area contributed by atoms with Gasteiger partial charge in [-0.25, -0.2) is 14.8 Å². The first-order valence-corrected chi connectivity index (χ1v) is 3.22. The van der Waals surface area contributed by atoms with E-state index in [-0.39, 0.29) is 0 Å². The van der Waals surface area contributed by atoms with Crippen LogP contribution in [0.1, 0.15) is 17.3 Å². The molecule has 0 aliphatic heterocycles. The van der Waals surface area contributed by atoms with E-state index in [4.69, 9.17) is 0 Å². The SMILES string of the molecule is CC#COC(=O)c1cncnc1. The zero-order valence-electron chi connectivity index (χ0n) is 6.44. The molecule has 0 aromatic carbocycles. The number of rotatable bonds is 1. The predicted octanol–water partition coefficient (Wildman–Crippen LogP) is 0.614. The molecule has 0 saturated heterocycles. The Morgan fingerprint density at radius 3 is 2.75 bits per heavy atom. The maximum Gasteiger partial charge on any atom is 0.355 e. The monoisotopic (exact) mass is 162 g/mol. The van der Waals surface area contributed by atoms with Gasteiger partial charge in [-0.3, -0.25) is 0 Å². The molecule has 1 rings (SSSR count). The number of nitrogens with zero attached hydrogens (tertiary/aromatic N) is 2. The fourth-order valence-electron chi connectivity index (χ4n) is 0.561. The van der Waals surface area contributed by atoms with Crippen LogP contribution in [0, 0.1) is 12.0 Å². The molecule has 0 atom stereocenters. The molecular formula is C8H6N2O2. The number of aromatic nitrogens is 2. The van der Waals surface area contributed by atoms with E-state index in [2.05, 4.69) is 26.7 Å². The highest BCUT2D eigenvalue weighted by molar-refractivity contribution is 5.89. The second-order valence-electron chi connectivity index (χ2n) is 1.87. The number of esters is 1. The van der Waals surface area contributed by atoms with Gasteiger partial charge in [0.05, 0.1) is 5.56 Å². The number of carbonyl (C=O) groups is 1. The largest absolute Gasteiger partial charge is 0.368 e. The van der Waals surface area contributed by atoms with Crippen molar-refractivity contribution in [2.75, 3.05) is 0 Å². The standard InChI is InChI=1S/C8H6N2O2/c1-2-3-12-8(11)7-4-9-6-10-5-7/h4-6H,1H3. The van der Waals surface area contributed by atoms with Crippen LogP contribution in [0.25, 0.3) is 0 Å². The molecule has 0 saturated carbocycles. The van der Waals surface area contributed by atoms with Crippen LogP contribution in [0.15, 0.2) is 18.7 Å².